The molecular weight excluding hydrogens is 801 g/mol. The minimum Gasteiger partial charge on any atom is -0.513 e. The van der Waals surface area contributed by atoms with Gasteiger partial charge in [0.05, 0.1) is 23.3 Å². The normalized spacial score (nSPS) is 13.3. The average Bonchev–Trinajstić information content (AvgIpc) is 3.72. The Bertz CT molecular complexity index is 2080. The number of allylic oxidation sites excluding steroid dienone is 1. The smallest absolute Gasteiger partial charge is 0.333 e. The van der Waals surface area contributed by atoms with E-state index in [1.165, 1.54) is 28.9 Å². The number of H-pyrrole nitrogens is 1. The number of hydrogen-bond donors (Lipinski definition) is 2. The first-order valence-electron chi connectivity index (χ1n) is 16.6. The molecule has 0 amide bonds. The zero-order chi connectivity index (χ0) is 36.2. The van der Waals surface area contributed by atoms with Crippen LogP contribution >= 0.6 is 0 Å². The quantitative estimate of drug-likeness (QED) is 0.0405. The summed E-state index contributed by atoms with van der Waals surface area (Å²) in [7, 11) is 3.64. The summed E-state index contributed by atoms with van der Waals surface area (Å²) in [6, 6.07) is 15.2. The summed E-state index contributed by atoms with van der Waals surface area (Å²) in [5.74, 6) is -0.563. The fourth-order valence-corrected chi connectivity index (χ4v) is 5.71. The van der Waals surface area contributed by atoms with Crippen molar-refractivity contribution in [2.24, 2.45) is 7.05 Å². The molecule has 273 valence electrons. The minimum atomic E-state index is -0.750. The maximum atomic E-state index is 15.5. The van der Waals surface area contributed by atoms with Crippen LogP contribution in [0.1, 0.15) is 70.0 Å². The molecule has 0 aliphatic carbocycles. The number of rotatable bonds is 13. The Hall–Kier alpha value is -3.96. The van der Waals surface area contributed by atoms with E-state index in [4.69, 9.17) is 19.6 Å². The van der Waals surface area contributed by atoms with Crippen molar-refractivity contribution in [2.75, 3.05) is 13.7 Å². The SMILES string of the molecule is [CH2-]c1c(Oc2ccc(F)c(-c3nc(C(C)(C/C=C\CC(C)(C)NC)c4cccc(/C=C(\C)C(=O)OCC)c4)nn3C)c2)c(F)cc2[nH]ccc12.[Ho]. The van der Waals surface area contributed by atoms with Gasteiger partial charge in [0.25, 0.3) is 0 Å². The van der Waals surface area contributed by atoms with Gasteiger partial charge in [0, 0.05) is 55.9 Å². The second-order valence-corrected chi connectivity index (χ2v) is 13.3. The molecule has 51 heavy (non-hydrogen) atoms. The second-order valence-electron chi connectivity index (χ2n) is 13.3. The first kappa shape index (κ1) is 39.8. The van der Waals surface area contributed by atoms with Crippen LogP contribution in [0.5, 0.6) is 11.5 Å². The first-order chi connectivity index (χ1) is 23.8. The van der Waals surface area contributed by atoms with Crippen LogP contribution in [0.4, 0.5) is 8.78 Å². The third kappa shape index (κ3) is 8.92. The van der Waals surface area contributed by atoms with Gasteiger partial charge in [0.2, 0.25) is 0 Å². The van der Waals surface area contributed by atoms with Gasteiger partial charge in [-0.05, 0) is 108 Å². The van der Waals surface area contributed by atoms with Crippen molar-refractivity contribution < 1.29 is 60.8 Å². The van der Waals surface area contributed by atoms with Crippen LogP contribution in [0, 0.1) is 56.3 Å². The van der Waals surface area contributed by atoms with Crippen molar-refractivity contribution in [2.45, 2.75) is 58.4 Å². The van der Waals surface area contributed by atoms with Gasteiger partial charge in [0.1, 0.15) is 17.4 Å². The van der Waals surface area contributed by atoms with Crippen molar-refractivity contribution in [3.8, 4) is 22.9 Å². The van der Waals surface area contributed by atoms with Crippen LogP contribution in [0.15, 0.2) is 78.5 Å². The van der Waals surface area contributed by atoms with E-state index >= 15 is 8.78 Å². The van der Waals surface area contributed by atoms with Crippen LogP contribution in [0.25, 0.3) is 28.4 Å². The molecule has 0 saturated carbocycles. The fraction of sp³-hybridized carbons (Fsp3) is 0.300. The topological polar surface area (TPSA) is 94.1 Å². The number of nitrogens with zero attached hydrogens (tertiary/aromatic N) is 3. The molecule has 3 aromatic carbocycles. The van der Waals surface area contributed by atoms with Crippen molar-refractivity contribution >= 4 is 22.9 Å². The summed E-state index contributed by atoms with van der Waals surface area (Å²) in [4.78, 5) is 20.2. The Morgan fingerprint density at radius 2 is 1.80 bits per heavy atom. The third-order valence-electron chi connectivity index (χ3n) is 9.02. The van der Waals surface area contributed by atoms with Gasteiger partial charge in [-0.2, -0.15) is 12.0 Å². The van der Waals surface area contributed by atoms with Crippen LogP contribution in [-0.2, 0) is 22.0 Å². The average molecular weight is 846 g/mol. The summed E-state index contributed by atoms with van der Waals surface area (Å²) in [5.41, 5.74) is 2.50. The number of ether oxygens (including phenoxy) is 2. The van der Waals surface area contributed by atoms with Crippen LogP contribution in [-0.4, -0.2) is 44.9 Å². The van der Waals surface area contributed by atoms with E-state index in [1.807, 2.05) is 38.2 Å². The predicted octanol–water partition coefficient (Wildman–Crippen LogP) is 8.82. The molecular formula is C40H44F2HoN5O3-. The summed E-state index contributed by atoms with van der Waals surface area (Å²) in [5, 5.41) is 8.86. The number of carbonyl (C=O) groups is 1. The van der Waals surface area contributed by atoms with Crippen molar-refractivity contribution in [3.05, 3.63) is 120 Å². The molecule has 0 aliphatic rings. The van der Waals surface area contributed by atoms with Gasteiger partial charge >= 0.3 is 5.97 Å². The molecule has 1 radical (unpaired) electrons. The number of esters is 1. The van der Waals surface area contributed by atoms with Crippen LogP contribution in [0.2, 0.25) is 0 Å². The van der Waals surface area contributed by atoms with Crippen LogP contribution < -0.4 is 10.1 Å². The number of fused-ring (bicyclic) bond motifs is 1. The summed E-state index contributed by atoms with van der Waals surface area (Å²) in [6.45, 7) is 14.1. The van der Waals surface area contributed by atoms with Gasteiger partial charge in [-0.1, -0.05) is 47.9 Å². The Morgan fingerprint density at radius 1 is 1.06 bits per heavy atom. The number of aromatic amines is 1. The maximum absolute atomic E-state index is 15.5. The molecule has 1 atom stereocenters. The van der Waals surface area contributed by atoms with Gasteiger partial charge in [-0.25, -0.2) is 23.2 Å². The molecule has 5 aromatic rings. The Labute approximate surface area is 328 Å². The number of hydrogen-bond acceptors (Lipinski definition) is 6. The van der Waals surface area contributed by atoms with Crippen molar-refractivity contribution in [1.29, 1.82) is 0 Å². The third-order valence-corrected chi connectivity index (χ3v) is 9.02. The molecule has 0 saturated heterocycles. The Kier molecular flexibility index (Phi) is 13.0. The van der Waals surface area contributed by atoms with Gasteiger partial charge < -0.3 is 19.8 Å². The van der Waals surface area contributed by atoms with E-state index in [1.54, 1.807) is 39.2 Å². The first-order valence-corrected chi connectivity index (χ1v) is 16.6. The standard InChI is InChI=1S/C40H44F2N5O3.Ho/c1-9-49-37(48)25(2)21-27-13-12-14-28(22-27)40(6,19-11-10-18-39(4,5)43-7)38-45-36(47(8)46-38)31-23-29(15-16-32(31)41)50-35-26(3)30-17-20-44-34(30)24-33(35)42;/h10-17,20-24,43-44H,3,9,18-19H2,1-2,4-8H3;/q-1;/b11-10-,25-21+;. The molecule has 0 fully saturated rings. The van der Waals surface area contributed by atoms with Gasteiger partial charge in [-0.15, -0.1) is 5.56 Å². The van der Waals surface area contributed by atoms with E-state index in [2.05, 4.69) is 43.2 Å². The summed E-state index contributed by atoms with van der Waals surface area (Å²) in [6.07, 6.45) is 9.08. The summed E-state index contributed by atoms with van der Waals surface area (Å²) >= 11 is 0. The number of aryl methyl sites for hydroxylation is 1. The number of aromatic nitrogens is 4. The minimum absolute atomic E-state index is 0. The number of benzene rings is 3. The molecule has 2 heterocycles. The number of nitrogens with one attached hydrogen (secondary N) is 2. The molecule has 2 aromatic heterocycles. The Morgan fingerprint density at radius 3 is 2.53 bits per heavy atom. The van der Waals surface area contributed by atoms with Gasteiger partial charge in [-0.3, -0.25) is 0 Å². The molecule has 0 aliphatic heterocycles. The molecule has 1 unspecified atom stereocenters. The number of carbonyl (C=O) groups excluding carboxylic acids is 1. The van der Waals surface area contributed by atoms with E-state index in [-0.39, 0.29) is 72.1 Å². The predicted molar refractivity (Wildman–Crippen MR) is 194 cm³/mol. The van der Waals surface area contributed by atoms with E-state index in [9.17, 15) is 4.79 Å². The summed E-state index contributed by atoms with van der Waals surface area (Å²) < 4.78 is 43.3. The molecule has 8 nitrogen and oxygen atoms in total. The fourth-order valence-electron chi connectivity index (χ4n) is 5.71. The Balaban J connectivity index is 0.00000583. The van der Waals surface area contributed by atoms with Crippen LogP contribution in [0.3, 0.4) is 0 Å². The molecule has 0 bridgehead atoms. The van der Waals surface area contributed by atoms with E-state index < -0.39 is 17.0 Å². The van der Waals surface area contributed by atoms with E-state index in [0.717, 1.165) is 22.9 Å². The van der Waals surface area contributed by atoms with Crippen molar-refractivity contribution in [3.63, 3.8) is 0 Å². The van der Waals surface area contributed by atoms with E-state index in [0.29, 0.717) is 35.5 Å². The monoisotopic (exact) mass is 845 g/mol. The zero-order valence-electron chi connectivity index (χ0n) is 30.0. The largest absolute Gasteiger partial charge is 0.513 e. The zero-order valence-corrected chi connectivity index (χ0v) is 31.9. The molecule has 2 N–H and O–H groups in total. The van der Waals surface area contributed by atoms with Gasteiger partial charge in [0.15, 0.2) is 11.6 Å². The molecule has 5 rings (SSSR count). The maximum Gasteiger partial charge on any atom is 0.333 e. The van der Waals surface area contributed by atoms with Crippen molar-refractivity contribution in [1.82, 2.24) is 25.1 Å². The second kappa shape index (κ2) is 16.6. The molecule has 11 heteroatoms. The molecule has 0 spiro atoms. The number of halogens is 2.